The van der Waals surface area contributed by atoms with E-state index in [1.807, 2.05) is 30.3 Å². The molecule has 0 radical (unpaired) electrons. The molecule has 1 atom stereocenters. The van der Waals surface area contributed by atoms with Crippen molar-refractivity contribution in [2.24, 2.45) is 4.99 Å². The molecule has 180 valence electrons. The van der Waals surface area contributed by atoms with Crippen molar-refractivity contribution < 1.29 is 0 Å². The van der Waals surface area contributed by atoms with Gasteiger partial charge in [-0.15, -0.1) is 0 Å². The molecule has 1 aromatic rings. The van der Waals surface area contributed by atoms with E-state index in [9.17, 15) is 0 Å². The smallest absolute Gasteiger partial charge is 0.156 e. The molecule has 0 amide bonds. The molecule has 4 heteroatoms. The topological polar surface area (TPSA) is 42.6 Å². The van der Waals surface area contributed by atoms with Gasteiger partial charge in [0.1, 0.15) is 0 Å². The van der Waals surface area contributed by atoms with Crippen LogP contribution in [0, 0.1) is 11.3 Å². The Morgan fingerprint density at radius 2 is 1.76 bits per heavy atom. The van der Waals surface area contributed by atoms with Crippen LogP contribution < -0.4 is 0 Å². The second kappa shape index (κ2) is 12.5. The molecular formula is C30H40N4. The average molecular weight is 457 g/mol. The first-order chi connectivity index (χ1) is 16.2. The monoisotopic (exact) mass is 456 g/mol. The summed E-state index contributed by atoms with van der Waals surface area (Å²) in [5, 5.41) is 9.09. The fourth-order valence-electron chi connectivity index (χ4n) is 4.34. The Morgan fingerprint density at radius 1 is 1.12 bits per heavy atom. The van der Waals surface area contributed by atoms with Crippen LogP contribution >= 0.6 is 0 Å². The van der Waals surface area contributed by atoms with Crippen molar-refractivity contribution in [2.45, 2.75) is 51.7 Å². The highest BCUT2D eigenvalue weighted by Crippen LogP contribution is 2.35. The molecule has 34 heavy (non-hydrogen) atoms. The van der Waals surface area contributed by atoms with Crippen LogP contribution in [0.5, 0.6) is 0 Å². The van der Waals surface area contributed by atoms with E-state index in [1.54, 1.807) is 6.08 Å². The summed E-state index contributed by atoms with van der Waals surface area (Å²) in [6, 6.07) is 10.5. The molecule has 0 aromatic heterocycles. The molecule has 1 unspecified atom stereocenters. The summed E-state index contributed by atoms with van der Waals surface area (Å²) in [5.74, 6) is 0. The summed E-state index contributed by atoms with van der Waals surface area (Å²) in [7, 11) is 4.20. The lowest BCUT2D eigenvalue weighted by Crippen LogP contribution is -2.45. The van der Waals surface area contributed by atoms with Crippen molar-refractivity contribution in [3.05, 3.63) is 96.2 Å². The van der Waals surface area contributed by atoms with Crippen LogP contribution in [-0.2, 0) is 6.42 Å². The second-order valence-corrected chi connectivity index (χ2v) is 9.20. The first kappa shape index (κ1) is 27.2. The van der Waals surface area contributed by atoms with Crippen LogP contribution in [-0.4, -0.2) is 54.4 Å². The summed E-state index contributed by atoms with van der Waals surface area (Å²) in [5.41, 5.74) is 5.99. The van der Waals surface area contributed by atoms with Crippen LogP contribution in [0.2, 0.25) is 0 Å². The number of aliphatic imine (C=N–C) groups is 1. The summed E-state index contributed by atoms with van der Waals surface area (Å²) in [6.45, 7) is 20.2. The Labute approximate surface area is 207 Å². The van der Waals surface area contributed by atoms with E-state index in [1.165, 1.54) is 16.8 Å². The van der Waals surface area contributed by atoms with Crippen molar-refractivity contribution in [3.63, 3.8) is 0 Å². The van der Waals surface area contributed by atoms with Crippen LogP contribution in [0.15, 0.2) is 90.0 Å². The zero-order chi connectivity index (χ0) is 25.3. The Morgan fingerprint density at radius 3 is 2.26 bits per heavy atom. The van der Waals surface area contributed by atoms with Crippen LogP contribution in [0.1, 0.15) is 44.7 Å². The molecule has 0 spiro atoms. The zero-order valence-electron chi connectivity index (χ0n) is 21.6. The van der Waals surface area contributed by atoms with Gasteiger partial charge in [0.05, 0.1) is 17.3 Å². The second-order valence-electron chi connectivity index (χ2n) is 9.20. The third kappa shape index (κ3) is 6.76. The maximum absolute atomic E-state index is 9.09. The lowest BCUT2D eigenvalue weighted by molar-refractivity contribution is 0.223. The highest BCUT2D eigenvalue weighted by Gasteiger charge is 2.49. The van der Waals surface area contributed by atoms with Gasteiger partial charge < -0.3 is 0 Å². The number of rotatable bonds is 14. The highest BCUT2D eigenvalue weighted by atomic mass is 15.4. The molecule has 0 aliphatic carbocycles. The summed E-state index contributed by atoms with van der Waals surface area (Å²) in [4.78, 5) is 9.78. The van der Waals surface area contributed by atoms with E-state index in [0.717, 1.165) is 43.5 Å². The highest BCUT2D eigenvalue weighted by molar-refractivity contribution is 6.06. The van der Waals surface area contributed by atoms with Crippen LogP contribution in [0.4, 0.5) is 0 Å². The fourth-order valence-corrected chi connectivity index (χ4v) is 4.34. The zero-order valence-corrected chi connectivity index (χ0v) is 21.6. The third-order valence-corrected chi connectivity index (χ3v) is 6.65. The Hall–Kier alpha value is -3.00. The SMILES string of the molecule is C=CC(=C)/C(C=C)=C\C=C(/C)CN(CC1=NC1(Cc1ccc(C#N)cc1)N(C)C)C(CC)CC. The summed E-state index contributed by atoms with van der Waals surface area (Å²) < 4.78 is 0. The van der Waals surface area contributed by atoms with Crippen molar-refractivity contribution in [1.82, 2.24) is 9.80 Å². The molecule has 0 saturated heterocycles. The van der Waals surface area contributed by atoms with Gasteiger partial charge in [-0.25, -0.2) is 0 Å². The van der Waals surface area contributed by atoms with Crippen molar-refractivity contribution in [2.75, 3.05) is 27.2 Å². The van der Waals surface area contributed by atoms with Gasteiger partial charge in [0, 0.05) is 25.6 Å². The number of nitrogens with zero attached hydrogens (tertiary/aromatic N) is 4. The minimum atomic E-state index is -0.270. The molecule has 0 N–H and O–H groups in total. The van der Waals surface area contributed by atoms with Crippen molar-refractivity contribution in [1.29, 1.82) is 5.26 Å². The molecule has 0 fully saturated rings. The van der Waals surface area contributed by atoms with Crippen molar-refractivity contribution >= 4 is 5.71 Å². The minimum absolute atomic E-state index is 0.270. The van der Waals surface area contributed by atoms with Gasteiger partial charge in [-0.1, -0.05) is 75.6 Å². The molecule has 1 aliphatic heterocycles. The molecule has 1 heterocycles. The number of likely N-dealkylation sites (N-methyl/N-ethyl adjacent to an activating group) is 1. The fraction of sp³-hybridized carbons (Fsp3) is 0.400. The molecule has 0 bridgehead atoms. The Balaban J connectivity index is 2.19. The van der Waals surface area contributed by atoms with Gasteiger partial charge in [-0.3, -0.25) is 14.8 Å². The summed E-state index contributed by atoms with van der Waals surface area (Å²) in [6.07, 6.45) is 10.8. The Kier molecular flexibility index (Phi) is 9.98. The lowest BCUT2D eigenvalue weighted by Gasteiger charge is -2.32. The maximum atomic E-state index is 9.09. The van der Waals surface area contributed by atoms with Crippen LogP contribution in [0.25, 0.3) is 0 Å². The van der Waals surface area contributed by atoms with Gasteiger partial charge in [-0.05, 0) is 62.7 Å². The molecule has 1 aliphatic rings. The average Bonchev–Trinajstić information content (AvgIpc) is 3.53. The molecule has 4 nitrogen and oxygen atoms in total. The summed E-state index contributed by atoms with van der Waals surface area (Å²) >= 11 is 0. The van der Waals surface area contributed by atoms with Gasteiger partial charge in [0.15, 0.2) is 5.66 Å². The molecule has 0 saturated carbocycles. The normalized spacial score (nSPS) is 18.1. The van der Waals surface area contributed by atoms with E-state index >= 15 is 0 Å². The number of benzene rings is 1. The van der Waals surface area contributed by atoms with E-state index in [4.69, 9.17) is 10.3 Å². The molecule has 2 rings (SSSR count). The molecule has 1 aromatic carbocycles. The number of allylic oxidation sites excluding steroid dienone is 6. The maximum Gasteiger partial charge on any atom is 0.156 e. The quantitative estimate of drug-likeness (QED) is 0.317. The van der Waals surface area contributed by atoms with E-state index < -0.39 is 0 Å². The van der Waals surface area contributed by atoms with E-state index in [2.05, 4.69) is 82.6 Å². The third-order valence-electron chi connectivity index (χ3n) is 6.65. The van der Waals surface area contributed by atoms with Gasteiger partial charge >= 0.3 is 0 Å². The van der Waals surface area contributed by atoms with Crippen LogP contribution in [0.3, 0.4) is 0 Å². The Bertz CT molecular complexity index is 1010. The minimum Gasteiger partial charge on any atom is -0.291 e. The standard InChI is InChI=1S/C30H40N4/c1-9-24(6)27(10-2)18-13-23(5)21-34(28(11-3)12-4)22-29-30(32-29,33(7)8)19-25-14-16-26(20-31)17-15-25/h9-10,13-18,28H,1-2,6,11-12,19,21-22H2,3-5,7-8H3/b23-13+,27-18-. The number of hydrogen-bond acceptors (Lipinski definition) is 4. The number of hydrogen-bond donors (Lipinski definition) is 0. The van der Waals surface area contributed by atoms with Crippen molar-refractivity contribution in [3.8, 4) is 6.07 Å². The van der Waals surface area contributed by atoms with E-state index in [0.29, 0.717) is 11.6 Å². The first-order valence-corrected chi connectivity index (χ1v) is 12.1. The molecular weight excluding hydrogens is 416 g/mol. The van der Waals surface area contributed by atoms with Gasteiger partial charge in [0.2, 0.25) is 0 Å². The predicted molar refractivity (Wildman–Crippen MR) is 146 cm³/mol. The first-order valence-electron chi connectivity index (χ1n) is 12.1. The number of nitriles is 1. The van der Waals surface area contributed by atoms with E-state index in [-0.39, 0.29) is 5.66 Å². The van der Waals surface area contributed by atoms with Gasteiger partial charge in [0.25, 0.3) is 0 Å². The largest absolute Gasteiger partial charge is 0.291 e. The lowest BCUT2D eigenvalue weighted by atomic mass is 9.99. The van der Waals surface area contributed by atoms with Gasteiger partial charge in [-0.2, -0.15) is 5.26 Å². The predicted octanol–water partition coefficient (Wildman–Crippen LogP) is 6.10.